The zero-order valence-corrected chi connectivity index (χ0v) is 13.5. The van der Waals surface area contributed by atoms with Crippen LogP contribution in [0.1, 0.15) is 26.7 Å². The van der Waals surface area contributed by atoms with Gasteiger partial charge in [-0.25, -0.2) is 18.3 Å². The molecule has 2 rings (SSSR count). The molecular weight excluding hydrogens is 330 g/mol. The van der Waals surface area contributed by atoms with Gasteiger partial charge in [0.2, 0.25) is 5.91 Å². The lowest BCUT2D eigenvalue weighted by Crippen LogP contribution is -2.33. The Morgan fingerprint density at radius 2 is 2.26 bits per heavy atom. The van der Waals surface area contributed by atoms with Crippen LogP contribution in [0.5, 0.6) is 5.75 Å². The van der Waals surface area contributed by atoms with Crippen molar-refractivity contribution in [3.05, 3.63) is 23.6 Å². The first-order chi connectivity index (χ1) is 10.8. The topological polar surface area (TPSA) is 68.5 Å². The van der Waals surface area contributed by atoms with Crippen LogP contribution in [0.15, 0.2) is 18.5 Å². The van der Waals surface area contributed by atoms with Crippen LogP contribution in [0.2, 0.25) is 5.15 Å². The predicted octanol–water partition coefficient (Wildman–Crippen LogP) is 2.70. The average molecular weight is 347 g/mol. The van der Waals surface area contributed by atoms with Crippen molar-refractivity contribution in [1.82, 2.24) is 19.9 Å². The molecule has 0 atom stereocenters. The van der Waals surface area contributed by atoms with Gasteiger partial charge in [0, 0.05) is 37.3 Å². The second kappa shape index (κ2) is 7.08. The molecule has 1 N–H and O–H groups in total. The van der Waals surface area contributed by atoms with E-state index < -0.39 is 24.9 Å². The maximum Gasteiger partial charge on any atom is 0.281 e. The molecule has 2 aromatic rings. The van der Waals surface area contributed by atoms with E-state index in [0.29, 0.717) is 5.65 Å². The van der Waals surface area contributed by atoms with Gasteiger partial charge in [-0.3, -0.25) is 4.79 Å². The molecule has 0 aliphatic rings. The maximum atomic E-state index is 13.9. The SMILES string of the molecule is CC(C)NC(=O)CCC(F)(F)COc1cc(Cl)nn2ccnc12. The number of nitrogens with one attached hydrogen (secondary N) is 1. The van der Waals surface area contributed by atoms with E-state index in [2.05, 4.69) is 15.4 Å². The van der Waals surface area contributed by atoms with Crippen molar-refractivity contribution < 1.29 is 18.3 Å². The monoisotopic (exact) mass is 346 g/mol. The van der Waals surface area contributed by atoms with E-state index in [4.69, 9.17) is 16.3 Å². The number of hydrogen-bond donors (Lipinski definition) is 1. The summed E-state index contributed by atoms with van der Waals surface area (Å²) in [5, 5.41) is 6.59. The van der Waals surface area contributed by atoms with Gasteiger partial charge in [-0.2, -0.15) is 5.10 Å². The molecule has 0 fully saturated rings. The van der Waals surface area contributed by atoms with Crippen LogP contribution < -0.4 is 10.1 Å². The number of imidazole rings is 1. The van der Waals surface area contributed by atoms with E-state index >= 15 is 0 Å². The summed E-state index contributed by atoms with van der Waals surface area (Å²) < 4.78 is 34.2. The minimum atomic E-state index is -3.15. The Bertz CT molecular complexity index is 690. The summed E-state index contributed by atoms with van der Waals surface area (Å²) in [6.45, 7) is 2.66. The summed E-state index contributed by atoms with van der Waals surface area (Å²) in [5.74, 6) is -3.45. The lowest BCUT2D eigenvalue weighted by molar-refractivity contribution is -0.124. The van der Waals surface area contributed by atoms with Gasteiger partial charge in [-0.1, -0.05) is 11.6 Å². The van der Waals surface area contributed by atoms with Crippen LogP contribution in [0.3, 0.4) is 0 Å². The number of ether oxygens (including phenoxy) is 1. The van der Waals surface area contributed by atoms with Crippen molar-refractivity contribution in [3.63, 3.8) is 0 Å². The standard InChI is InChI=1S/C14H17ClF2N4O2/c1-9(2)19-12(22)3-4-14(16,17)8-23-10-7-11(15)20-21-6-5-18-13(10)21/h5-7,9H,3-4,8H2,1-2H3,(H,19,22). The minimum absolute atomic E-state index is 0.0833. The lowest BCUT2D eigenvalue weighted by atomic mass is 10.2. The fourth-order valence-corrected chi connectivity index (χ4v) is 2.09. The van der Waals surface area contributed by atoms with Gasteiger partial charge >= 0.3 is 0 Å². The van der Waals surface area contributed by atoms with Gasteiger partial charge in [0.15, 0.2) is 23.2 Å². The largest absolute Gasteiger partial charge is 0.483 e. The third kappa shape index (κ3) is 5.02. The van der Waals surface area contributed by atoms with Gasteiger partial charge in [0.1, 0.15) is 0 Å². The number of nitrogens with zero attached hydrogens (tertiary/aromatic N) is 3. The highest BCUT2D eigenvalue weighted by Gasteiger charge is 2.31. The predicted molar refractivity (Wildman–Crippen MR) is 81.0 cm³/mol. The Labute approximate surface area is 136 Å². The summed E-state index contributed by atoms with van der Waals surface area (Å²) in [6.07, 6.45) is 2.11. The molecule has 0 spiro atoms. The van der Waals surface area contributed by atoms with Gasteiger partial charge in [-0.05, 0) is 13.8 Å². The fourth-order valence-electron chi connectivity index (χ4n) is 1.91. The molecule has 0 saturated heterocycles. The molecule has 2 heterocycles. The number of alkyl halides is 2. The first-order valence-corrected chi connectivity index (χ1v) is 7.44. The minimum Gasteiger partial charge on any atom is -0.483 e. The first kappa shape index (κ1) is 17.4. The molecule has 126 valence electrons. The van der Waals surface area contributed by atoms with Crippen LogP contribution in [0, 0.1) is 0 Å². The van der Waals surface area contributed by atoms with E-state index in [1.54, 1.807) is 13.8 Å². The summed E-state index contributed by atoms with van der Waals surface area (Å²) in [5.41, 5.74) is 0.294. The van der Waals surface area contributed by atoms with Crippen molar-refractivity contribution >= 4 is 23.2 Å². The number of amides is 1. The molecule has 2 aromatic heterocycles. The Morgan fingerprint density at radius 1 is 1.52 bits per heavy atom. The Hall–Kier alpha value is -1.96. The van der Waals surface area contributed by atoms with E-state index in [0.717, 1.165) is 0 Å². The molecule has 0 aliphatic carbocycles. The zero-order chi connectivity index (χ0) is 17.0. The van der Waals surface area contributed by atoms with Crippen molar-refractivity contribution in [2.45, 2.75) is 38.7 Å². The quantitative estimate of drug-likeness (QED) is 0.837. The smallest absolute Gasteiger partial charge is 0.281 e. The van der Waals surface area contributed by atoms with Gasteiger partial charge in [0.25, 0.3) is 5.92 Å². The molecule has 0 unspecified atom stereocenters. The summed E-state index contributed by atoms with van der Waals surface area (Å²) in [4.78, 5) is 15.4. The number of aromatic nitrogens is 3. The summed E-state index contributed by atoms with van der Waals surface area (Å²) in [6, 6.07) is 1.24. The number of halogens is 3. The van der Waals surface area contributed by atoms with E-state index in [1.807, 2.05) is 0 Å². The third-order valence-electron chi connectivity index (χ3n) is 2.90. The molecule has 0 radical (unpaired) electrons. The van der Waals surface area contributed by atoms with Gasteiger partial charge < -0.3 is 10.1 Å². The zero-order valence-electron chi connectivity index (χ0n) is 12.7. The highest BCUT2D eigenvalue weighted by Crippen LogP contribution is 2.25. The molecule has 0 aliphatic heterocycles. The summed E-state index contributed by atoms with van der Waals surface area (Å²) >= 11 is 5.80. The van der Waals surface area contributed by atoms with Crippen LogP contribution in [-0.4, -0.2) is 39.1 Å². The van der Waals surface area contributed by atoms with Crippen molar-refractivity contribution in [2.75, 3.05) is 6.61 Å². The van der Waals surface area contributed by atoms with Gasteiger partial charge in [0.05, 0.1) is 0 Å². The molecule has 0 bridgehead atoms. The highest BCUT2D eigenvalue weighted by atomic mass is 35.5. The van der Waals surface area contributed by atoms with E-state index in [9.17, 15) is 13.6 Å². The summed E-state index contributed by atoms with van der Waals surface area (Å²) in [7, 11) is 0. The molecular formula is C14H17ClF2N4O2. The highest BCUT2D eigenvalue weighted by molar-refractivity contribution is 6.29. The second-order valence-corrected chi connectivity index (χ2v) is 5.78. The Balaban J connectivity index is 1.95. The van der Waals surface area contributed by atoms with Gasteiger partial charge in [-0.15, -0.1) is 0 Å². The molecule has 0 saturated carbocycles. The van der Waals surface area contributed by atoms with Crippen LogP contribution >= 0.6 is 11.6 Å². The first-order valence-electron chi connectivity index (χ1n) is 7.07. The molecule has 0 aromatic carbocycles. The van der Waals surface area contributed by atoms with Crippen LogP contribution in [0.25, 0.3) is 5.65 Å². The average Bonchev–Trinajstić information content (AvgIpc) is 2.90. The normalized spacial score (nSPS) is 11.9. The number of hydrogen-bond acceptors (Lipinski definition) is 4. The van der Waals surface area contributed by atoms with E-state index in [1.165, 1.54) is 23.0 Å². The number of carbonyl (C=O) groups excluding carboxylic acids is 1. The molecule has 9 heteroatoms. The number of fused-ring (bicyclic) bond motifs is 1. The molecule has 1 amide bonds. The Kier molecular flexibility index (Phi) is 5.35. The number of carbonyl (C=O) groups is 1. The van der Waals surface area contributed by atoms with Crippen LogP contribution in [-0.2, 0) is 4.79 Å². The second-order valence-electron chi connectivity index (χ2n) is 5.39. The maximum absolute atomic E-state index is 13.9. The van der Waals surface area contributed by atoms with Crippen molar-refractivity contribution in [3.8, 4) is 5.75 Å². The van der Waals surface area contributed by atoms with E-state index in [-0.39, 0.29) is 23.4 Å². The van der Waals surface area contributed by atoms with Crippen molar-refractivity contribution in [1.29, 1.82) is 0 Å². The number of rotatable bonds is 7. The van der Waals surface area contributed by atoms with Crippen LogP contribution in [0.4, 0.5) is 8.78 Å². The lowest BCUT2D eigenvalue weighted by Gasteiger charge is -2.17. The fraction of sp³-hybridized carbons (Fsp3) is 0.500. The molecule has 6 nitrogen and oxygen atoms in total. The molecule has 23 heavy (non-hydrogen) atoms. The van der Waals surface area contributed by atoms with Crippen molar-refractivity contribution in [2.24, 2.45) is 0 Å². The Morgan fingerprint density at radius 3 is 2.96 bits per heavy atom. The third-order valence-corrected chi connectivity index (χ3v) is 3.09.